The minimum atomic E-state index is -0.382. The van der Waals surface area contributed by atoms with Crippen LogP contribution in [-0.2, 0) is 19.9 Å². The molecular formula is C13H11ClN4OS. The fourth-order valence-corrected chi connectivity index (χ4v) is 3.89. The smallest absolute Gasteiger partial charge is 0.278 e. The van der Waals surface area contributed by atoms with E-state index in [0.29, 0.717) is 15.6 Å². The van der Waals surface area contributed by atoms with Gasteiger partial charge in [-0.25, -0.2) is 0 Å². The van der Waals surface area contributed by atoms with Crippen molar-refractivity contribution in [3.05, 3.63) is 32.9 Å². The predicted molar refractivity (Wildman–Crippen MR) is 77.2 cm³/mol. The van der Waals surface area contributed by atoms with E-state index >= 15 is 0 Å². The van der Waals surface area contributed by atoms with Crippen LogP contribution in [0.2, 0.25) is 5.02 Å². The van der Waals surface area contributed by atoms with Gasteiger partial charge in [-0.1, -0.05) is 11.6 Å². The first-order valence-electron chi connectivity index (χ1n) is 6.15. The van der Waals surface area contributed by atoms with Crippen molar-refractivity contribution in [3.8, 4) is 6.07 Å². The van der Waals surface area contributed by atoms with Crippen molar-refractivity contribution in [2.24, 2.45) is 7.05 Å². The van der Waals surface area contributed by atoms with E-state index in [-0.39, 0.29) is 11.6 Å². The topological polar surface area (TPSA) is 70.7 Å². The average Bonchev–Trinajstić information content (AvgIpc) is 3.03. The van der Waals surface area contributed by atoms with Gasteiger partial charge in [0.05, 0.1) is 10.6 Å². The van der Waals surface area contributed by atoms with Crippen LogP contribution in [0.3, 0.4) is 0 Å². The van der Waals surface area contributed by atoms with Crippen molar-refractivity contribution in [1.29, 1.82) is 5.26 Å². The van der Waals surface area contributed by atoms with Gasteiger partial charge in [0, 0.05) is 18.1 Å². The van der Waals surface area contributed by atoms with Crippen molar-refractivity contribution in [2.45, 2.75) is 19.3 Å². The Balaban J connectivity index is 1.91. The summed E-state index contributed by atoms with van der Waals surface area (Å²) in [6, 6.07) is 2.19. The molecular weight excluding hydrogens is 296 g/mol. The summed E-state index contributed by atoms with van der Waals surface area (Å²) in [4.78, 5) is 13.4. The van der Waals surface area contributed by atoms with Crippen molar-refractivity contribution in [1.82, 2.24) is 9.78 Å². The van der Waals surface area contributed by atoms with Crippen LogP contribution >= 0.6 is 22.9 Å². The SMILES string of the molecule is Cn1cc(Cl)c(C(=O)Nc2sc3c(c2C#N)CCC3)n1. The van der Waals surface area contributed by atoms with Crippen LogP contribution in [-0.4, -0.2) is 15.7 Å². The molecule has 0 bridgehead atoms. The maximum absolute atomic E-state index is 12.2. The molecule has 0 radical (unpaired) electrons. The first-order valence-corrected chi connectivity index (χ1v) is 7.34. The normalized spacial score (nSPS) is 13.1. The predicted octanol–water partition coefficient (Wildman–Crippen LogP) is 2.75. The number of aromatic nitrogens is 2. The minimum absolute atomic E-state index is 0.173. The molecule has 3 rings (SSSR count). The second-order valence-corrected chi connectivity index (χ2v) is 6.14. The fraction of sp³-hybridized carbons (Fsp3) is 0.308. The maximum atomic E-state index is 12.2. The Labute approximate surface area is 124 Å². The Morgan fingerprint density at radius 2 is 2.40 bits per heavy atom. The van der Waals surface area contributed by atoms with Crippen LogP contribution in [0, 0.1) is 11.3 Å². The van der Waals surface area contributed by atoms with Gasteiger partial charge in [-0.15, -0.1) is 11.3 Å². The van der Waals surface area contributed by atoms with E-state index in [4.69, 9.17) is 11.6 Å². The fourth-order valence-electron chi connectivity index (χ4n) is 2.39. The number of anilines is 1. The number of fused-ring (bicyclic) bond motifs is 1. The van der Waals surface area contributed by atoms with Gasteiger partial charge < -0.3 is 5.32 Å². The Morgan fingerprint density at radius 1 is 1.60 bits per heavy atom. The number of carbonyl (C=O) groups is 1. The summed E-state index contributed by atoms with van der Waals surface area (Å²) >= 11 is 7.43. The Bertz CT molecular complexity index is 740. The summed E-state index contributed by atoms with van der Waals surface area (Å²) in [6.07, 6.45) is 4.54. The van der Waals surface area contributed by atoms with Gasteiger partial charge in [-0.2, -0.15) is 10.4 Å². The number of carbonyl (C=O) groups excluding carboxylic acids is 1. The van der Waals surface area contributed by atoms with Gasteiger partial charge in [0.1, 0.15) is 11.1 Å². The number of nitriles is 1. The highest BCUT2D eigenvalue weighted by atomic mass is 35.5. The van der Waals surface area contributed by atoms with Gasteiger partial charge in [0.25, 0.3) is 5.91 Å². The maximum Gasteiger partial charge on any atom is 0.278 e. The number of aryl methyl sites for hydroxylation is 2. The number of nitrogens with one attached hydrogen (secondary N) is 1. The molecule has 7 heteroatoms. The number of rotatable bonds is 2. The number of halogens is 1. The second-order valence-electron chi connectivity index (χ2n) is 4.63. The summed E-state index contributed by atoms with van der Waals surface area (Å²) in [5, 5.41) is 17.0. The van der Waals surface area contributed by atoms with Crippen molar-refractivity contribution >= 4 is 33.8 Å². The molecule has 2 aromatic rings. The molecule has 0 atom stereocenters. The van der Waals surface area contributed by atoms with Crippen molar-refractivity contribution < 1.29 is 4.79 Å². The lowest BCUT2D eigenvalue weighted by atomic mass is 10.1. The van der Waals surface area contributed by atoms with Crippen LogP contribution in [0.15, 0.2) is 6.20 Å². The Kier molecular flexibility index (Phi) is 3.24. The summed E-state index contributed by atoms with van der Waals surface area (Å²) < 4.78 is 1.48. The van der Waals surface area contributed by atoms with E-state index in [1.165, 1.54) is 20.9 Å². The van der Waals surface area contributed by atoms with Crippen LogP contribution in [0.25, 0.3) is 0 Å². The highest BCUT2D eigenvalue weighted by Gasteiger charge is 2.24. The molecule has 0 fully saturated rings. The van der Waals surface area contributed by atoms with Crippen molar-refractivity contribution in [3.63, 3.8) is 0 Å². The van der Waals surface area contributed by atoms with E-state index in [9.17, 15) is 10.1 Å². The highest BCUT2D eigenvalue weighted by molar-refractivity contribution is 7.16. The molecule has 0 unspecified atom stereocenters. The molecule has 102 valence electrons. The zero-order valence-corrected chi connectivity index (χ0v) is 12.3. The molecule has 20 heavy (non-hydrogen) atoms. The summed E-state index contributed by atoms with van der Waals surface area (Å²) in [7, 11) is 1.70. The molecule has 2 heterocycles. The van der Waals surface area contributed by atoms with Crippen LogP contribution in [0.1, 0.15) is 32.9 Å². The number of amides is 1. The van der Waals surface area contributed by atoms with Crippen LogP contribution in [0.5, 0.6) is 0 Å². The Morgan fingerprint density at radius 3 is 3.05 bits per heavy atom. The Hall–Kier alpha value is -1.84. The molecule has 0 saturated carbocycles. The third-order valence-electron chi connectivity index (χ3n) is 3.26. The first kappa shape index (κ1) is 13.2. The van der Waals surface area contributed by atoms with E-state index in [2.05, 4.69) is 16.5 Å². The average molecular weight is 307 g/mol. The number of hydrogen-bond donors (Lipinski definition) is 1. The van der Waals surface area contributed by atoms with Gasteiger partial charge in [-0.05, 0) is 24.8 Å². The van der Waals surface area contributed by atoms with Crippen LogP contribution < -0.4 is 5.32 Å². The zero-order chi connectivity index (χ0) is 14.3. The molecule has 0 spiro atoms. The lowest BCUT2D eigenvalue weighted by Crippen LogP contribution is -2.13. The van der Waals surface area contributed by atoms with Gasteiger partial charge in [0.15, 0.2) is 5.69 Å². The molecule has 0 aromatic carbocycles. The number of thiophene rings is 1. The van der Waals surface area contributed by atoms with Crippen molar-refractivity contribution in [2.75, 3.05) is 5.32 Å². The molecule has 0 aliphatic heterocycles. The third kappa shape index (κ3) is 2.09. The summed E-state index contributed by atoms with van der Waals surface area (Å²) in [5.41, 5.74) is 1.84. The largest absolute Gasteiger partial charge is 0.311 e. The lowest BCUT2D eigenvalue weighted by Gasteiger charge is -2.02. The summed E-state index contributed by atoms with van der Waals surface area (Å²) in [6.45, 7) is 0. The standard InChI is InChI=1S/C13H11ClN4OS/c1-18-6-9(14)11(17-18)12(19)16-13-8(5-15)7-3-2-4-10(7)20-13/h6H,2-4H2,1H3,(H,16,19). The second kappa shape index (κ2) is 4.93. The number of hydrogen-bond acceptors (Lipinski definition) is 4. The molecule has 1 aliphatic rings. The quantitative estimate of drug-likeness (QED) is 0.927. The molecule has 1 aliphatic carbocycles. The van der Waals surface area contributed by atoms with E-state index in [1.54, 1.807) is 13.2 Å². The molecule has 2 aromatic heterocycles. The highest BCUT2D eigenvalue weighted by Crippen LogP contribution is 2.38. The number of nitrogens with zero attached hydrogens (tertiary/aromatic N) is 3. The third-order valence-corrected chi connectivity index (χ3v) is 4.74. The lowest BCUT2D eigenvalue weighted by molar-refractivity contribution is 0.102. The van der Waals surface area contributed by atoms with Crippen LogP contribution in [0.4, 0.5) is 5.00 Å². The summed E-state index contributed by atoms with van der Waals surface area (Å²) in [5.74, 6) is -0.382. The minimum Gasteiger partial charge on any atom is -0.311 e. The van der Waals surface area contributed by atoms with E-state index < -0.39 is 0 Å². The molecule has 1 N–H and O–H groups in total. The monoisotopic (exact) mass is 306 g/mol. The van der Waals surface area contributed by atoms with Gasteiger partial charge >= 0.3 is 0 Å². The molecule has 1 amide bonds. The van der Waals surface area contributed by atoms with E-state index in [0.717, 1.165) is 24.8 Å². The van der Waals surface area contributed by atoms with E-state index in [1.807, 2.05) is 0 Å². The molecule has 5 nitrogen and oxygen atoms in total. The zero-order valence-electron chi connectivity index (χ0n) is 10.7. The first-order chi connectivity index (χ1) is 9.60. The van der Waals surface area contributed by atoms with Gasteiger partial charge in [0.2, 0.25) is 0 Å². The van der Waals surface area contributed by atoms with Gasteiger partial charge in [-0.3, -0.25) is 9.48 Å². The molecule has 0 saturated heterocycles.